The fourth-order valence-corrected chi connectivity index (χ4v) is 2.66. The highest BCUT2D eigenvalue weighted by atomic mass is 35.5. The summed E-state index contributed by atoms with van der Waals surface area (Å²) in [5.74, 6) is -0.448. The number of aryl methyl sites for hydroxylation is 1. The molecule has 3 rings (SSSR count). The minimum Gasteiger partial charge on any atom is -0.545 e. The Kier molecular flexibility index (Phi) is 4.20. The van der Waals surface area contributed by atoms with Crippen LogP contribution in [-0.4, -0.2) is 5.97 Å². The first-order chi connectivity index (χ1) is 11.0. The van der Waals surface area contributed by atoms with Gasteiger partial charge < -0.3 is 19.1 Å². The number of benzene rings is 2. The Morgan fingerprint density at radius 2 is 1.96 bits per heavy atom. The second kappa shape index (κ2) is 6.14. The molecule has 1 heterocycles. The standard InChI is InChI=1S/C17H12Cl2O4/c1-9-16(17(20)21)12-7-11(3-5-15(12)23-9)22-8-10-2-4-13(18)14(19)6-10/h2-7H,8H2,1H3,(H,20,21)/p-1. The van der Waals surface area contributed by atoms with Crippen molar-refractivity contribution < 1.29 is 19.1 Å². The first kappa shape index (κ1) is 15.7. The molecule has 6 heteroatoms. The molecule has 0 saturated heterocycles. The summed E-state index contributed by atoms with van der Waals surface area (Å²) >= 11 is 11.8. The summed E-state index contributed by atoms with van der Waals surface area (Å²) in [7, 11) is 0. The molecule has 0 amide bonds. The third kappa shape index (κ3) is 3.14. The van der Waals surface area contributed by atoms with E-state index in [4.69, 9.17) is 32.4 Å². The van der Waals surface area contributed by atoms with Crippen LogP contribution in [0.3, 0.4) is 0 Å². The molecule has 3 aromatic rings. The molecule has 0 unspecified atom stereocenters. The van der Waals surface area contributed by atoms with Crippen molar-refractivity contribution in [1.82, 2.24) is 0 Å². The molecule has 0 aliphatic rings. The molecular formula is C17H11Cl2O4-. The van der Waals surface area contributed by atoms with Gasteiger partial charge in [0.1, 0.15) is 23.7 Å². The molecule has 0 N–H and O–H groups in total. The van der Waals surface area contributed by atoms with Crippen molar-refractivity contribution in [3.8, 4) is 5.75 Å². The molecule has 0 spiro atoms. The summed E-state index contributed by atoms with van der Waals surface area (Å²) in [6.07, 6.45) is 0. The minimum absolute atomic E-state index is 0.0417. The summed E-state index contributed by atoms with van der Waals surface area (Å²) in [5.41, 5.74) is 1.37. The van der Waals surface area contributed by atoms with Crippen LogP contribution in [-0.2, 0) is 6.61 Å². The number of carbonyl (C=O) groups excluding carboxylic acids is 1. The smallest absolute Gasteiger partial charge is 0.135 e. The van der Waals surface area contributed by atoms with Crippen molar-refractivity contribution >= 4 is 40.1 Å². The third-order valence-electron chi connectivity index (χ3n) is 3.43. The summed E-state index contributed by atoms with van der Waals surface area (Å²) in [4.78, 5) is 11.2. The molecule has 4 nitrogen and oxygen atoms in total. The van der Waals surface area contributed by atoms with E-state index in [2.05, 4.69) is 0 Å². The zero-order valence-corrected chi connectivity index (χ0v) is 13.6. The zero-order valence-electron chi connectivity index (χ0n) is 12.1. The van der Waals surface area contributed by atoms with Crippen LogP contribution in [0.2, 0.25) is 10.0 Å². The Morgan fingerprint density at radius 1 is 1.17 bits per heavy atom. The Balaban J connectivity index is 1.87. The molecule has 0 aliphatic heterocycles. The van der Waals surface area contributed by atoms with Gasteiger partial charge in [-0.25, -0.2) is 0 Å². The average molecular weight is 350 g/mol. The topological polar surface area (TPSA) is 62.5 Å². The van der Waals surface area contributed by atoms with Crippen LogP contribution in [0.25, 0.3) is 11.0 Å². The number of aromatic carboxylic acids is 1. The maximum absolute atomic E-state index is 11.2. The molecular weight excluding hydrogens is 339 g/mol. The largest absolute Gasteiger partial charge is 0.545 e. The van der Waals surface area contributed by atoms with E-state index < -0.39 is 5.97 Å². The first-order valence-corrected chi connectivity index (χ1v) is 7.52. The highest BCUT2D eigenvalue weighted by molar-refractivity contribution is 6.42. The van der Waals surface area contributed by atoms with E-state index in [1.165, 1.54) is 0 Å². The summed E-state index contributed by atoms with van der Waals surface area (Å²) in [6.45, 7) is 1.86. The minimum atomic E-state index is -1.28. The number of fused-ring (bicyclic) bond motifs is 1. The summed E-state index contributed by atoms with van der Waals surface area (Å²) in [5, 5.41) is 12.6. The van der Waals surface area contributed by atoms with Crippen LogP contribution >= 0.6 is 23.2 Å². The Labute approximate surface area is 142 Å². The van der Waals surface area contributed by atoms with Crippen LogP contribution in [0.1, 0.15) is 21.7 Å². The SMILES string of the molecule is Cc1oc2ccc(OCc3ccc(Cl)c(Cl)c3)cc2c1C(=O)[O-]. The maximum Gasteiger partial charge on any atom is 0.135 e. The van der Waals surface area contributed by atoms with E-state index >= 15 is 0 Å². The van der Waals surface area contributed by atoms with Gasteiger partial charge in [-0.3, -0.25) is 0 Å². The van der Waals surface area contributed by atoms with Crippen LogP contribution in [0.4, 0.5) is 0 Å². The van der Waals surface area contributed by atoms with Gasteiger partial charge in [0.2, 0.25) is 0 Å². The predicted octanol–water partition coefficient (Wildman–Crippen LogP) is 3.99. The molecule has 0 fully saturated rings. The quantitative estimate of drug-likeness (QED) is 0.714. The van der Waals surface area contributed by atoms with Gasteiger partial charge in [-0.1, -0.05) is 29.3 Å². The lowest BCUT2D eigenvalue weighted by Crippen LogP contribution is -2.22. The summed E-state index contributed by atoms with van der Waals surface area (Å²) in [6, 6.07) is 10.2. The number of carboxylic acids is 1. The molecule has 0 radical (unpaired) electrons. The number of furan rings is 1. The van der Waals surface area contributed by atoms with Crippen molar-refractivity contribution in [1.29, 1.82) is 0 Å². The molecule has 0 saturated carbocycles. The van der Waals surface area contributed by atoms with Crippen molar-refractivity contribution in [3.63, 3.8) is 0 Å². The Bertz CT molecular complexity index is 899. The molecule has 1 aromatic heterocycles. The van der Waals surface area contributed by atoms with Crippen LogP contribution in [0, 0.1) is 6.92 Å². The number of hydrogen-bond acceptors (Lipinski definition) is 4. The van der Waals surface area contributed by atoms with E-state index in [0.29, 0.717) is 32.5 Å². The summed E-state index contributed by atoms with van der Waals surface area (Å²) < 4.78 is 11.1. The molecule has 118 valence electrons. The van der Waals surface area contributed by atoms with Gasteiger partial charge in [-0.15, -0.1) is 0 Å². The van der Waals surface area contributed by atoms with Gasteiger partial charge in [-0.2, -0.15) is 0 Å². The van der Waals surface area contributed by atoms with Crippen molar-refractivity contribution in [2.24, 2.45) is 0 Å². The Hall–Kier alpha value is -2.17. The van der Waals surface area contributed by atoms with E-state index in [1.807, 2.05) is 0 Å². The van der Waals surface area contributed by atoms with E-state index in [1.54, 1.807) is 43.3 Å². The molecule has 23 heavy (non-hydrogen) atoms. The fourth-order valence-electron chi connectivity index (χ4n) is 2.34. The predicted molar refractivity (Wildman–Crippen MR) is 86.1 cm³/mol. The lowest BCUT2D eigenvalue weighted by molar-refractivity contribution is -0.254. The van der Waals surface area contributed by atoms with Gasteiger partial charge in [0.15, 0.2) is 0 Å². The second-order valence-corrected chi connectivity index (χ2v) is 5.83. The number of rotatable bonds is 4. The maximum atomic E-state index is 11.2. The van der Waals surface area contributed by atoms with Crippen molar-refractivity contribution in [2.45, 2.75) is 13.5 Å². The van der Waals surface area contributed by atoms with Gasteiger partial charge in [0.25, 0.3) is 0 Å². The van der Waals surface area contributed by atoms with Gasteiger partial charge in [0.05, 0.1) is 16.0 Å². The zero-order chi connectivity index (χ0) is 16.6. The van der Waals surface area contributed by atoms with E-state index in [9.17, 15) is 9.90 Å². The normalized spacial score (nSPS) is 10.9. The van der Waals surface area contributed by atoms with Crippen molar-refractivity contribution in [2.75, 3.05) is 0 Å². The van der Waals surface area contributed by atoms with Crippen LogP contribution < -0.4 is 9.84 Å². The lowest BCUT2D eigenvalue weighted by atomic mass is 10.1. The molecule has 0 atom stereocenters. The monoisotopic (exact) mass is 349 g/mol. The van der Waals surface area contributed by atoms with Gasteiger partial charge >= 0.3 is 0 Å². The van der Waals surface area contributed by atoms with Gasteiger partial charge in [0, 0.05) is 10.9 Å². The van der Waals surface area contributed by atoms with Crippen LogP contribution in [0.15, 0.2) is 40.8 Å². The number of hydrogen-bond donors (Lipinski definition) is 0. The highest BCUT2D eigenvalue weighted by Gasteiger charge is 2.13. The second-order valence-electron chi connectivity index (χ2n) is 5.02. The lowest BCUT2D eigenvalue weighted by Gasteiger charge is -2.08. The fraction of sp³-hybridized carbons (Fsp3) is 0.118. The van der Waals surface area contributed by atoms with E-state index in [-0.39, 0.29) is 12.2 Å². The molecule has 0 aliphatic carbocycles. The number of halogens is 2. The molecule has 0 bridgehead atoms. The first-order valence-electron chi connectivity index (χ1n) is 6.77. The Morgan fingerprint density at radius 3 is 2.65 bits per heavy atom. The molecule has 2 aromatic carbocycles. The van der Waals surface area contributed by atoms with Gasteiger partial charge in [-0.05, 0) is 42.8 Å². The number of ether oxygens (including phenoxy) is 1. The van der Waals surface area contributed by atoms with Crippen LogP contribution in [0.5, 0.6) is 5.75 Å². The van der Waals surface area contributed by atoms with Crippen molar-refractivity contribution in [3.05, 3.63) is 63.3 Å². The average Bonchev–Trinajstić information content (AvgIpc) is 2.83. The third-order valence-corrected chi connectivity index (χ3v) is 4.17. The number of carboxylic acid groups (broad SMARTS) is 1. The highest BCUT2D eigenvalue weighted by Crippen LogP contribution is 2.29. The van der Waals surface area contributed by atoms with E-state index in [0.717, 1.165) is 5.56 Å². The number of carbonyl (C=O) groups is 1.